The topological polar surface area (TPSA) is 150 Å². The number of ether oxygens (including phenoxy) is 2. The van der Waals surface area contributed by atoms with Gasteiger partial charge in [0.05, 0.1) is 54.3 Å². The molecular weight excluding hydrogens is 527 g/mol. The normalized spacial score (nSPS) is 12.3. The van der Waals surface area contributed by atoms with Crippen LogP contribution in [0.15, 0.2) is 36.4 Å². The molecular formula is C26H35N4O8P. The minimum atomic E-state index is -1.57. The van der Waals surface area contributed by atoms with Crippen LogP contribution < -0.4 is 9.47 Å². The zero-order valence-electron chi connectivity index (χ0n) is 23.6. The van der Waals surface area contributed by atoms with Crippen LogP contribution in [0.25, 0.3) is 0 Å². The first kappa shape index (κ1) is 30.2. The molecule has 0 radical (unpaired) electrons. The minimum Gasteiger partial charge on any atom is -0.493 e. The van der Waals surface area contributed by atoms with Crippen LogP contribution in [0.5, 0.6) is 11.5 Å². The van der Waals surface area contributed by atoms with Gasteiger partial charge >= 0.3 is 0 Å². The highest BCUT2D eigenvalue weighted by molar-refractivity contribution is 7.44. The van der Waals surface area contributed by atoms with Gasteiger partial charge in [-0.1, -0.05) is 0 Å². The predicted octanol–water partition coefficient (Wildman–Crippen LogP) is 6.45. The molecule has 12 nitrogen and oxygen atoms in total. The van der Waals surface area contributed by atoms with E-state index in [1.54, 1.807) is 6.07 Å². The van der Waals surface area contributed by atoms with Crippen molar-refractivity contribution in [1.29, 1.82) is 5.26 Å². The van der Waals surface area contributed by atoms with Gasteiger partial charge in [0.2, 0.25) is 0 Å². The van der Waals surface area contributed by atoms with Crippen molar-refractivity contribution in [2.24, 2.45) is 0 Å². The molecule has 0 spiro atoms. The van der Waals surface area contributed by atoms with E-state index in [2.05, 4.69) is 0 Å². The van der Waals surface area contributed by atoms with Gasteiger partial charge in [-0.3, -0.25) is 20.2 Å². The van der Waals surface area contributed by atoms with Crippen LogP contribution in [0, 0.1) is 38.5 Å². The number of nitro groups is 2. The Bertz CT molecular complexity index is 1170. The molecule has 0 aromatic heterocycles. The van der Waals surface area contributed by atoms with E-state index >= 15 is 0 Å². The van der Waals surface area contributed by atoms with Gasteiger partial charge in [0.1, 0.15) is 11.5 Å². The van der Waals surface area contributed by atoms with Crippen molar-refractivity contribution >= 4 is 19.9 Å². The Morgan fingerprint density at radius 2 is 1.54 bits per heavy atom. The second-order valence-corrected chi connectivity index (χ2v) is 10.4. The smallest absolute Gasteiger partial charge is 0.275 e. The SMILES string of the molecule is [2H]Cc1cc(OCCCOc2ccc([N+](=O)[O-])c(COP(OCCC#N)N(C(C)C)C(C)C)c2)ccc1[N+](=O)[O-]. The van der Waals surface area contributed by atoms with E-state index in [1.807, 2.05) is 38.4 Å². The van der Waals surface area contributed by atoms with Crippen molar-refractivity contribution in [1.82, 2.24) is 4.67 Å². The van der Waals surface area contributed by atoms with Gasteiger partial charge in [0, 0.05) is 37.6 Å². The maximum Gasteiger partial charge on any atom is 0.275 e. The number of aryl methyl sites for hydroxylation is 1. The summed E-state index contributed by atoms with van der Waals surface area (Å²) in [6.07, 6.45) is 0.681. The van der Waals surface area contributed by atoms with Gasteiger partial charge in [0.15, 0.2) is 0 Å². The largest absolute Gasteiger partial charge is 0.493 e. The fourth-order valence-corrected chi connectivity index (χ4v) is 5.24. The summed E-state index contributed by atoms with van der Waals surface area (Å²) >= 11 is 0. The summed E-state index contributed by atoms with van der Waals surface area (Å²) in [5, 5.41) is 31.5. The highest BCUT2D eigenvalue weighted by Gasteiger charge is 2.28. The molecule has 39 heavy (non-hydrogen) atoms. The molecule has 0 saturated carbocycles. The van der Waals surface area contributed by atoms with Crippen molar-refractivity contribution < 1.29 is 29.7 Å². The fourth-order valence-electron chi connectivity index (χ4n) is 3.65. The first-order chi connectivity index (χ1) is 19.1. The van der Waals surface area contributed by atoms with Crippen molar-refractivity contribution in [2.75, 3.05) is 19.8 Å². The maximum absolute atomic E-state index is 11.6. The summed E-state index contributed by atoms with van der Waals surface area (Å²) in [5.41, 5.74) is 0.373. The number of benzene rings is 2. The Kier molecular flexibility index (Phi) is 12.3. The number of nitrogens with zero attached hydrogens (tertiary/aromatic N) is 4. The lowest BCUT2D eigenvalue weighted by Gasteiger charge is -2.35. The molecule has 2 rings (SSSR count). The third kappa shape index (κ3) is 10.0. The van der Waals surface area contributed by atoms with Crippen LogP contribution in [-0.2, 0) is 15.7 Å². The van der Waals surface area contributed by atoms with Gasteiger partial charge in [0.25, 0.3) is 19.9 Å². The highest BCUT2D eigenvalue weighted by Crippen LogP contribution is 2.47. The van der Waals surface area contributed by atoms with Gasteiger partial charge in [-0.15, -0.1) is 0 Å². The molecule has 0 saturated heterocycles. The van der Waals surface area contributed by atoms with Crippen LogP contribution in [0.4, 0.5) is 11.4 Å². The van der Waals surface area contributed by atoms with E-state index in [0.29, 0.717) is 23.5 Å². The molecule has 0 N–H and O–H groups in total. The highest BCUT2D eigenvalue weighted by atomic mass is 31.2. The van der Waals surface area contributed by atoms with Gasteiger partial charge in [-0.25, -0.2) is 4.67 Å². The Labute approximate surface area is 231 Å². The molecule has 0 fully saturated rings. The number of nitro benzene ring substituents is 2. The number of hydrogen-bond acceptors (Lipinski definition) is 10. The zero-order valence-corrected chi connectivity index (χ0v) is 23.5. The molecule has 2 aromatic carbocycles. The van der Waals surface area contributed by atoms with E-state index < -0.39 is 18.4 Å². The van der Waals surface area contributed by atoms with Crippen LogP contribution in [-0.4, -0.2) is 46.4 Å². The molecule has 13 heteroatoms. The summed E-state index contributed by atoms with van der Waals surface area (Å²) in [4.78, 5) is 21.7. The molecule has 1 atom stereocenters. The Balaban J connectivity index is 2.02. The standard InChI is InChI=1S/C26H35N4O8P/c1-19(2)28(20(3)4)39(37-15-6-12-27)38-18-22-17-24(9-11-26(22)30(33)34)36-14-7-13-35-23-8-10-25(29(31)32)21(5)16-23/h8-11,16-17,19-20H,6-7,13-15,18H2,1-5H3/i5D. The van der Waals surface area contributed by atoms with Gasteiger partial charge in [-0.05, 0) is 58.9 Å². The van der Waals surface area contributed by atoms with E-state index in [4.69, 9.17) is 25.2 Å². The number of rotatable bonds is 17. The Hall–Kier alpha value is -3.36. The van der Waals surface area contributed by atoms with Crippen molar-refractivity contribution in [3.8, 4) is 17.6 Å². The third-order valence-corrected chi connectivity index (χ3v) is 7.37. The lowest BCUT2D eigenvalue weighted by molar-refractivity contribution is -0.385. The summed E-state index contributed by atoms with van der Waals surface area (Å²) < 4.78 is 32.8. The van der Waals surface area contributed by atoms with Crippen LogP contribution >= 0.6 is 8.53 Å². The van der Waals surface area contributed by atoms with Crippen LogP contribution in [0.3, 0.4) is 0 Å². The Morgan fingerprint density at radius 1 is 0.949 bits per heavy atom. The minimum absolute atomic E-state index is 0.0801. The summed E-state index contributed by atoms with van der Waals surface area (Å²) in [7, 11) is -1.57. The molecule has 1 unspecified atom stereocenters. The first-order valence-electron chi connectivity index (χ1n) is 13.1. The van der Waals surface area contributed by atoms with Crippen molar-refractivity contribution in [3.05, 3.63) is 67.8 Å². The van der Waals surface area contributed by atoms with Crippen LogP contribution in [0.1, 0.15) is 53.0 Å². The van der Waals surface area contributed by atoms with Crippen molar-refractivity contribution in [2.45, 2.75) is 66.1 Å². The summed E-state index contributed by atoms with van der Waals surface area (Å²) in [5.74, 6) is 0.850. The first-order valence-corrected chi connectivity index (χ1v) is 13.5. The molecule has 2 aromatic rings. The average molecular weight is 564 g/mol. The molecule has 0 aliphatic carbocycles. The molecule has 0 heterocycles. The molecule has 0 aliphatic rings. The molecule has 0 aliphatic heterocycles. The van der Waals surface area contributed by atoms with E-state index in [9.17, 15) is 20.2 Å². The molecule has 0 bridgehead atoms. The molecule has 212 valence electrons. The average Bonchev–Trinajstić information content (AvgIpc) is 2.90. The van der Waals surface area contributed by atoms with Crippen molar-refractivity contribution in [3.63, 3.8) is 0 Å². The number of nitriles is 1. The van der Waals surface area contributed by atoms with E-state index in [1.165, 1.54) is 30.3 Å². The lowest BCUT2D eigenvalue weighted by atomic mass is 10.2. The summed E-state index contributed by atoms with van der Waals surface area (Å²) in [6.45, 7) is 8.41. The van der Waals surface area contributed by atoms with Crippen LogP contribution in [0.2, 0.25) is 0 Å². The molecule has 0 amide bonds. The van der Waals surface area contributed by atoms with Gasteiger partial charge in [-0.2, -0.15) is 5.26 Å². The van der Waals surface area contributed by atoms with Gasteiger partial charge < -0.3 is 18.5 Å². The fraction of sp³-hybridized carbons (Fsp3) is 0.500. The number of hydrogen-bond donors (Lipinski definition) is 0. The second kappa shape index (κ2) is 15.9. The van der Waals surface area contributed by atoms with E-state index in [0.717, 1.165) is 0 Å². The quantitative estimate of drug-likeness (QED) is 0.0908. The third-order valence-electron chi connectivity index (χ3n) is 5.31. The summed E-state index contributed by atoms with van der Waals surface area (Å²) in [6, 6.07) is 10.9. The lowest BCUT2D eigenvalue weighted by Crippen LogP contribution is -2.33. The monoisotopic (exact) mass is 563 g/mol. The second-order valence-electron chi connectivity index (χ2n) is 8.97. The maximum atomic E-state index is 11.6. The zero-order chi connectivity index (χ0) is 29.7. The van der Waals surface area contributed by atoms with E-state index in [-0.39, 0.29) is 68.8 Å². The Morgan fingerprint density at radius 3 is 2.08 bits per heavy atom. The predicted molar refractivity (Wildman–Crippen MR) is 147 cm³/mol.